The van der Waals surface area contributed by atoms with Gasteiger partial charge in [0, 0.05) is 16.6 Å². The Morgan fingerprint density at radius 3 is 2.39 bits per heavy atom. The summed E-state index contributed by atoms with van der Waals surface area (Å²) >= 11 is 6.55. The first-order chi connectivity index (χ1) is 18.2. The van der Waals surface area contributed by atoms with Crippen molar-refractivity contribution in [3.05, 3.63) is 90.4 Å². The maximum absolute atomic E-state index is 12.8. The molecule has 0 heterocycles. The highest BCUT2D eigenvalue weighted by molar-refractivity contribution is 9.11. The molecule has 0 aliphatic heterocycles. The van der Waals surface area contributed by atoms with Crippen molar-refractivity contribution in [1.29, 1.82) is 5.26 Å². The zero-order valence-electron chi connectivity index (χ0n) is 20.0. The highest BCUT2D eigenvalue weighted by atomic mass is 79.9. The van der Waals surface area contributed by atoms with E-state index in [2.05, 4.69) is 37.2 Å². The van der Waals surface area contributed by atoms with E-state index in [1.165, 1.54) is 37.5 Å². The van der Waals surface area contributed by atoms with E-state index < -0.39 is 16.8 Å². The maximum Gasteiger partial charge on any atom is 0.343 e. The molecule has 0 atom stereocenters. The number of nitrogens with one attached hydrogen (secondary N) is 1. The molecule has 10 nitrogen and oxygen atoms in total. The van der Waals surface area contributed by atoms with Gasteiger partial charge in [-0.1, -0.05) is 0 Å². The van der Waals surface area contributed by atoms with E-state index in [-0.39, 0.29) is 39.5 Å². The molecular weight excluding hydrogens is 626 g/mol. The highest BCUT2D eigenvalue weighted by Crippen LogP contribution is 2.38. The Labute approximate surface area is 234 Å². The van der Waals surface area contributed by atoms with Crippen LogP contribution in [-0.4, -0.2) is 30.5 Å². The van der Waals surface area contributed by atoms with Crippen LogP contribution < -0.4 is 19.5 Å². The topological polar surface area (TPSA) is 141 Å². The van der Waals surface area contributed by atoms with Gasteiger partial charge in [0.1, 0.15) is 17.4 Å². The van der Waals surface area contributed by atoms with Crippen LogP contribution in [0.1, 0.15) is 22.8 Å². The number of rotatable bonds is 9. The molecule has 0 saturated heterocycles. The fourth-order valence-electron chi connectivity index (χ4n) is 3.14. The third-order valence-corrected chi connectivity index (χ3v) is 6.19. The van der Waals surface area contributed by atoms with Crippen molar-refractivity contribution in [2.75, 3.05) is 19.0 Å². The van der Waals surface area contributed by atoms with Crippen LogP contribution in [0.3, 0.4) is 0 Å². The van der Waals surface area contributed by atoms with E-state index in [0.717, 1.165) is 0 Å². The predicted molar refractivity (Wildman–Crippen MR) is 146 cm³/mol. The molecule has 0 aliphatic carbocycles. The van der Waals surface area contributed by atoms with Crippen molar-refractivity contribution in [3.63, 3.8) is 0 Å². The minimum absolute atomic E-state index is 0.127. The van der Waals surface area contributed by atoms with Crippen LogP contribution in [0.15, 0.2) is 69.1 Å². The summed E-state index contributed by atoms with van der Waals surface area (Å²) in [5.74, 6) is -0.421. The number of nitro benzene ring substituents is 1. The average Bonchev–Trinajstić information content (AvgIpc) is 2.90. The van der Waals surface area contributed by atoms with Gasteiger partial charge in [-0.15, -0.1) is 0 Å². The molecular formula is C26H19Br2N3O7. The fourth-order valence-corrected chi connectivity index (χ4v) is 4.14. The van der Waals surface area contributed by atoms with Gasteiger partial charge in [-0.2, -0.15) is 5.26 Å². The lowest BCUT2D eigenvalue weighted by Gasteiger charge is -2.14. The lowest BCUT2D eigenvalue weighted by atomic mass is 10.1. The number of esters is 1. The minimum Gasteiger partial charge on any atom is -0.497 e. The summed E-state index contributed by atoms with van der Waals surface area (Å²) in [7, 11) is 1.52. The predicted octanol–water partition coefficient (Wildman–Crippen LogP) is 6.29. The van der Waals surface area contributed by atoms with Gasteiger partial charge >= 0.3 is 5.97 Å². The first-order valence-corrected chi connectivity index (χ1v) is 12.4. The Kier molecular flexibility index (Phi) is 9.59. The first kappa shape index (κ1) is 28.4. The Balaban J connectivity index is 1.87. The number of carbonyl (C=O) groups is 2. The van der Waals surface area contributed by atoms with E-state index in [1.807, 2.05) is 6.07 Å². The molecule has 0 aliphatic rings. The number of hydrogen-bond donors (Lipinski definition) is 1. The molecule has 194 valence electrons. The van der Waals surface area contributed by atoms with Gasteiger partial charge < -0.3 is 19.5 Å². The molecule has 3 aromatic rings. The molecule has 0 bridgehead atoms. The number of benzene rings is 3. The quantitative estimate of drug-likeness (QED) is 0.0715. The minimum atomic E-state index is -0.730. The first-order valence-electron chi connectivity index (χ1n) is 10.9. The zero-order valence-corrected chi connectivity index (χ0v) is 23.2. The highest BCUT2D eigenvalue weighted by Gasteiger charge is 2.19. The van der Waals surface area contributed by atoms with Crippen molar-refractivity contribution >= 4 is 61.2 Å². The maximum atomic E-state index is 12.8. The van der Waals surface area contributed by atoms with Crippen molar-refractivity contribution in [2.45, 2.75) is 6.92 Å². The average molecular weight is 645 g/mol. The summed E-state index contributed by atoms with van der Waals surface area (Å²) in [6.07, 6.45) is 1.33. The van der Waals surface area contributed by atoms with Crippen LogP contribution in [0.4, 0.5) is 11.4 Å². The molecule has 0 saturated carbocycles. The lowest BCUT2D eigenvalue weighted by molar-refractivity contribution is -0.384. The second kappa shape index (κ2) is 12.8. The SMILES string of the molecule is CCOc1cc(/C=C(/C#N)C(=O)Nc2ccc([N+](=O)[O-])cc2Br)cc(Br)c1OC(=O)c1ccc(OC)cc1. The van der Waals surface area contributed by atoms with Gasteiger partial charge in [0.25, 0.3) is 11.6 Å². The number of nitrogens with zero attached hydrogens (tertiary/aromatic N) is 2. The molecule has 0 radical (unpaired) electrons. The number of non-ortho nitro benzene ring substituents is 1. The fraction of sp³-hybridized carbons (Fsp3) is 0.115. The molecule has 3 aromatic carbocycles. The van der Waals surface area contributed by atoms with Crippen LogP contribution in [0, 0.1) is 21.4 Å². The standard InChI is InChI=1S/C26H19Br2N3O7/c1-3-37-23-12-15(11-21(28)24(23)38-26(33)16-4-7-19(36-2)8-5-16)10-17(14-29)25(32)30-22-9-6-18(31(34)35)13-20(22)27/h4-13H,3H2,1-2H3,(H,30,32)/b17-10-. The van der Waals surface area contributed by atoms with E-state index >= 15 is 0 Å². The summed E-state index contributed by atoms with van der Waals surface area (Å²) in [6.45, 7) is 2.01. The normalized spacial score (nSPS) is 10.8. The molecule has 3 rings (SSSR count). The number of hydrogen-bond acceptors (Lipinski definition) is 8. The summed E-state index contributed by atoms with van der Waals surface area (Å²) in [5, 5.41) is 23.1. The van der Waals surface area contributed by atoms with Gasteiger partial charge in [0.15, 0.2) is 11.5 Å². The lowest BCUT2D eigenvalue weighted by Crippen LogP contribution is -2.14. The summed E-state index contributed by atoms with van der Waals surface area (Å²) < 4.78 is 16.9. The third kappa shape index (κ3) is 6.96. The number of carbonyl (C=O) groups excluding carboxylic acids is 2. The largest absolute Gasteiger partial charge is 0.497 e. The smallest absolute Gasteiger partial charge is 0.343 e. The zero-order chi connectivity index (χ0) is 27.8. The van der Waals surface area contributed by atoms with Gasteiger partial charge in [0.2, 0.25) is 0 Å². The van der Waals surface area contributed by atoms with Crippen LogP contribution in [0.5, 0.6) is 17.2 Å². The second-order valence-electron chi connectivity index (χ2n) is 7.43. The molecule has 1 N–H and O–H groups in total. The number of nitriles is 1. The monoisotopic (exact) mass is 643 g/mol. The number of nitro groups is 1. The molecule has 0 spiro atoms. The van der Waals surface area contributed by atoms with Crippen LogP contribution in [0.2, 0.25) is 0 Å². The molecule has 0 fully saturated rings. The van der Waals surface area contributed by atoms with E-state index in [4.69, 9.17) is 14.2 Å². The van der Waals surface area contributed by atoms with Crippen molar-refractivity contribution in [3.8, 4) is 23.3 Å². The number of amides is 1. The van der Waals surface area contributed by atoms with Crippen LogP contribution >= 0.6 is 31.9 Å². The number of anilines is 1. The Bertz CT molecular complexity index is 1460. The summed E-state index contributed by atoms with van der Waals surface area (Å²) in [5.41, 5.74) is 0.558. The number of halogens is 2. The number of methoxy groups -OCH3 is 1. The van der Waals surface area contributed by atoms with Gasteiger partial charge in [-0.05, 0) is 92.9 Å². The summed E-state index contributed by atoms with van der Waals surface area (Å²) in [4.78, 5) is 35.8. The van der Waals surface area contributed by atoms with Crippen molar-refractivity contribution in [2.24, 2.45) is 0 Å². The van der Waals surface area contributed by atoms with E-state index in [9.17, 15) is 25.0 Å². The molecule has 38 heavy (non-hydrogen) atoms. The Morgan fingerprint density at radius 2 is 1.82 bits per heavy atom. The van der Waals surface area contributed by atoms with Gasteiger partial charge in [0.05, 0.1) is 34.4 Å². The second-order valence-corrected chi connectivity index (χ2v) is 9.13. The van der Waals surface area contributed by atoms with E-state index in [0.29, 0.717) is 21.3 Å². The molecule has 0 unspecified atom stereocenters. The Hall–Kier alpha value is -4.21. The van der Waals surface area contributed by atoms with Gasteiger partial charge in [-0.3, -0.25) is 14.9 Å². The Morgan fingerprint density at radius 1 is 1.11 bits per heavy atom. The van der Waals surface area contributed by atoms with Crippen molar-refractivity contribution in [1.82, 2.24) is 0 Å². The molecule has 0 aromatic heterocycles. The molecule has 1 amide bonds. The van der Waals surface area contributed by atoms with Crippen molar-refractivity contribution < 1.29 is 28.7 Å². The van der Waals surface area contributed by atoms with Gasteiger partial charge in [-0.25, -0.2) is 4.79 Å². The van der Waals surface area contributed by atoms with Crippen LogP contribution in [0.25, 0.3) is 6.08 Å². The van der Waals surface area contributed by atoms with E-state index in [1.54, 1.807) is 37.3 Å². The third-order valence-electron chi connectivity index (χ3n) is 4.94. The number of ether oxygens (including phenoxy) is 3. The molecule has 12 heteroatoms. The summed E-state index contributed by atoms with van der Waals surface area (Å²) in [6, 6.07) is 15.1. The van der Waals surface area contributed by atoms with Crippen LogP contribution in [-0.2, 0) is 4.79 Å².